The quantitative estimate of drug-likeness (QED) is 0.665. The molecule has 0 unspecified atom stereocenters. The molecule has 5 heteroatoms. The lowest BCUT2D eigenvalue weighted by atomic mass is 10.0. The van der Waals surface area contributed by atoms with Crippen LogP contribution in [0.15, 0.2) is 47.4 Å². The van der Waals surface area contributed by atoms with Crippen LogP contribution < -0.4 is 11.3 Å². The number of aryl methyl sites for hydroxylation is 1. The highest BCUT2D eigenvalue weighted by molar-refractivity contribution is 5.87. The summed E-state index contributed by atoms with van der Waals surface area (Å²) < 4.78 is 0. The van der Waals surface area contributed by atoms with Crippen LogP contribution in [0.25, 0.3) is 22.4 Å². The molecule has 3 rings (SSSR count). The predicted molar refractivity (Wildman–Crippen MR) is 79.2 cm³/mol. The molecule has 0 atom stereocenters. The van der Waals surface area contributed by atoms with Crippen molar-refractivity contribution in [1.29, 1.82) is 0 Å². The van der Waals surface area contributed by atoms with Crippen molar-refractivity contribution in [2.24, 2.45) is 0 Å². The molecular weight excluding hydrogens is 252 g/mol. The minimum absolute atomic E-state index is 0.140. The monoisotopic (exact) mass is 266 g/mol. The molecule has 1 aromatic carbocycles. The average Bonchev–Trinajstić information content (AvgIpc) is 2.81. The zero-order valence-corrected chi connectivity index (χ0v) is 11.0. The summed E-state index contributed by atoms with van der Waals surface area (Å²) in [5, 5.41) is 7.01. The van der Waals surface area contributed by atoms with Crippen LogP contribution in [0, 0.1) is 6.92 Å². The Morgan fingerprint density at radius 3 is 2.70 bits per heavy atom. The van der Waals surface area contributed by atoms with E-state index in [2.05, 4.69) is 21.2 Å². The molecule has 0 aliphatic carbocycles. The first-order valence-corrected chi connectivity index (χ1v) is 6.25. The minimum atomic E-state index is -0.140. The summed E-state index contributed by atoms with van der Waals surface area (Å²) in [6.07, 6.45) is 1.65. The van der Waals surface area contributed by atoms with Gasteiger partial charge in [-0.1, -0.05) is 29.8 Å². The fraction of sp³-hybridized carbons (Fsp3) is 0.0667. The van der Waals surface area contributed by atoms with Gasteiger partial charge in [0.2, 0.25) is 5.56 Å². The van der Waals surface area contributed by atoms with Crippen molar-refractivity contribution < 1.29 is 0 Å². The smallest absolute Gasteiger partial charge is 0.247 e. The molecule has 0 aliphatic heterocycles. The Morgan fingerprint density at radius 1 is 1.15 bits per heavy atom. The average molecular weight is 266 g/mol. The van der Waals surface area contributed by atoms with Gasteiger partial charge in [-0.05, 0) is 18.6 Å². The Kier molecular flexibility index (Phi) is 2.87. The third kappa shape index (κ3) is 2.09. The van der Waals surface area contributed by atoms with Gasteiger partial charge in [0.25, 0.3) is 0 Å². The van der Waals surface area contributed by atoms with Crippen molar-refractivity contribution in [3.05, 3.63) is 58.5 Å². The second kappa shape index (κ2) is 4.70. The van der Waals surface area contributed by atoms with E-state index in [0.717, 1.165) is 27.9 Å². The first-order valence-electron chi connectivity index (χ1n) is 6.25. The van der Waals surface area contributed by atoms with Gasteiger partial charge in [-0.15, -0.1) is 0 Å². The molecule has 0 amide bonds. The molecule has 0 radical (unpaired) electrons. The Balaban J connectivity index is 2.19. The Labute approximate surface area is 115 Å². The van der Waals surface area contributed by atoms with E-state index in [-0.39, 0.29) is 5.56 Å². The van der Waals surface area contributed by atoms with Gasteiger partial charge in [-0.25, -0.2) is 0 Å². The van der Waals surface area contributed by atoms with Gasteiger partial charge >= 0.3 is 0 Å². The Bertz CT molecular complexity index is 796. The molecule has 100 valence electrons. The van der Waals surface area contributed by atoms with Gasteiger partial charge in [-0.3, -0.25) is 9.89 Å². The number of nitrogens with two attached hydrogens (primary N) is 1. The minimum Gasteiger partial charge on any atom is -0.382 e. The van der Waals surface area contributed by atoms with E-state index in [1.54, 1.807) is 12.3 Å². The first-order chi connectivity index (χ1) is 9.65. The topological polar surface area (TPSA) is 87.6 Å². The SMILES string of the molecule is Cc1cccc(-c2c(N)n[nH]c2-c2ccc(=O)[nH]c2)c1. The van der Waals surface area contributed by atoms with Gasteiger partial charge in [-0.2, -0.15) is 5.10 Å². The summed E-state index contributed by atoms with van der Waals surface area (Å²) in [5.74, 6) is 0.441. The summed E-state index contributed by atoms with van der Waals surface area (Å²) in [7, 11) is 0. The van der Waals surface area contributed by atoms with Crippen molar-refractivity contribution in [2.45, 2.75) is 6.92 Å². The van der Waals surface area contributed by atoms with Crippen molar-refractivity contribution in [3.8, 4) is 22.4 Å². The molecule has 0 spiro atoms. The number of hydrogen-bond donors (Lipinski definition) is 3. The van der Waals surface area contributed by atoms with Crippen molar-refractivity contribution >= 4 is 5.82 Å². The molecule has 4 N–H and O–H groups in total. The predicted octanol–water partition coefficient (Wildman–Crippen LogP) is 2.32. The third-order valence-electron chi connectivity index (χ3n) is 3.17. The van der Waals surface area contributed by atoms with Crippen LogP contribution in [0.2, 0.25) is 0 Å². The molecule has 3 aromatic rings. The van der Waals surface area contributed by atoms with Crippen LogP contribution in [0.5, 0.6) is 0 Å². The Morgan fingerprint density at radius 2 is 2.00 bits per heavy atom. The number of anilines is 1. The summed E-state index contributed by atoms with van der Waals surface area (Å²) in [6.45, 7) is 2.03. The number of aromatic amines is 2. The number of aromatic nitrogens is 3. The number of pyridine rings is 1. The normalized spacial score (nSPS) is 10.7. The third-order valence-corrected chi connectivity index (χ3v) is 3.17. The van der Waals surface area contributed by atoms with E-state index in [1.807, 2.05) is 25.1 Å². The first kappa shape index (κ1) is 12.2. The number of benzene rings is 1. The second-order valence-corrected chi connectivity index (χ2v) is 4.67. The van der Waals surface area contributed by atoms with Gasteiger partial charge in [0.15, 0.2) is 5.82 Å². The lowest BCUT2D eigenvalue weighted by Crippen LogP contribution is -2.01. The molecule has 0 aliphatic rings. The Hall–Kier alpha value is -2.82. The van der Waals surface area contributed by atoms with Crippen LogP contribution in [-0.4, -0.2) is 15.2 Å². The second-order valence-electron chi connectivity index (χ2n) is 4.67. The highest BCUT2D eigenvalue weighted by Gasteiger charge is 2.14. The molecule has 0 fully saturated rings. The van der Waals surface area contributed by atoms with Crippen molar-refractivity contribution in [1.82, 2.24) is 15.2 Å². The maximum absolute atomic E-state index is 11.2. The zero-order chi connectivity index (χ0) is 14.1. The number of nitrogen functional groups attached to an aromatic ring is 1. The summed E-state index contributed by atoms with van der Waals surface area (Å²) >= 11 is 0. The molecule has 0 saturated heterocycles. The number of nitrogens with one attached hydrogen (secondary N) is 2. The van der Waals surface area contributed by atoms with E-state index in [9.17, 15) is 4.79 Å². The lowest BCUT2D eigenvalue weighted by molar-refractivity contribution is 1.10. The van der Waals surface area contributed by atoms with Gasteiger partial charge < -0.3 is 10.7 Å². The summed E-state index contributed by atoms with van der Waals surface area (Å²) in [4.78, 5) is 13.8. The van der Waals surface area contributed by atoms with E-state index in [1.165, 1.54) is 6.07 Å². The van der Waals surface area contributed by atoms with Crippen LogP contribution in [-0.2, 0) is 0 Å². The highest BCUT2D eigenvalue weighted by Crippen LogP contribution is 2.34. The van der Waals surface area contributed by atoms with E-state index < -0.39 is 0 Å². The number of nitrogens with zero attached hydrogens (tertiary/aromatic N) is 1. The summed E-state index contributed by atoms with van der Waals surface area (Å²) in [5.41, 5.74) is 10.5. The fourth-order valence-electron chi connectivity index (χ4n) is 2.22. The number of hydrogen-bond acceptors (Lipinski definition) is 3. The molecule has 0 saturated carbocycles. The highest BCUT2D eigenvalue weighted by atomic mass is 16.1. The largest absolute Gasteiger partial charge is 0.382 e. The molecule has 2 heterocycles. The van der Waals surface area contributed by atoms with Crippen LogP contribution in [0.3, 0.4) is 0 Å². The molecule has 0 bridgehead atoms. The molecule has 20 heavy (non-hydrogen) atoms. The van der Waals surface area contributed by atoms with E-state index >= 15 is 0 Å². The van der Waals surface area contributed by atoms with Gasteiger partial charge in [0.1, 0.15) is 0 Å². The van der Waals surface area contributed by atoms with Gasteiger partial charge in [0, 0.05) is 17.8 Å². The van der Waals surface area contributed by atoms with E-state index in [4.69, 9.17) is 5.73 Å². The standard InChI is InChI=1S/C15H14N4O/c1-9-3-2-4-10(7-9)13-14(18-19-15(13)16)11-5-6-12(20)17-8-11/h2-8H,1H3,(H,17,20)(H3,16,18,19). The van der Waals surface area contributed by atoms with E-state index in [0.29, 0.717) is 5.82 Å². The lowest BCUT2D eigenvalue weighted by Gasteiger charge is -2.05. The van der Waals surface area contributed by atoms with Crippen molar-refractivity contribution in [3.63, 3.8) is 0 Å². The molecular formula is C15H14N4O. The molecule has 2 aromatic heterocycles. The van der Waals surface area contributed by atoms with Crippen LogP contribution in [0.1, 0.15) is 5.56 Å². The van der Waals surface area contributed by atoms with Crippen LogP contribution in [0.4, 0.5) is 5.82 Å². The zero-order valence-electron chi connectivity index (χ0n) is 11.0. The van der Waals surface area contributed by atoms with Crippen molar-refractivity contribution in [2.75, 3.05) is 5.73 Å². The summed E-state index contributed by atoms with van der Waals surface area (Å²) in [6, 6.07) is 11.3. The number of H-pyrrole nitrogens is 2. The maximum atomic E-state index is 11.2. The number of rotatable bonds is 2. The van der Waals surface area contributed by atoms with Gasteiger partial charge in [0.05, 0.1) is 11.3 Å². The maximum Gasteiger partial charge on any atom is 0.247 e. The fourth-order valence-corrected chi connectivity index (χ4v) is 2.22. The van der Waals surface area contributed by atoms with Crippen LogP contribution >= 0.6 is 0 Å². The molecule has 5 nitrogen and oxygen atoms in total.